The average molecular weight is 271 g/mol. The quantitative estimate of drug-likeness (QED) is 0.900. The van der Waals surface area contributed by atoms with Gasteiger partial charge in [-0.15, -0.1) is 0 Å². The smallest absolute Gasteiger partial charge is 0.141 e. The van der Waals surface area contributed by atoms with Crippen LogP contribution in [-0.2, 0) is 0 Å². The van der Waals surface area contributed by atoms with Gasteiger partial charge in [-0.3, -0.25) is 0 Å². The van der Waals surface area contributed by atoms with Gasteiger partial charge in [-0.2, -0.15) is 0 Å². The number of anilines is 1. The molecule has 1 saturated heterocycles. The van der Waals surface area contributed by atoms with Gasteiger partial charge >= 0.3 is 0 Å². The van der Waals surface area contributed by atoms with Crippen LogP contribution in [0.4, 0.5) is 10.1 Å². The third-order valence-electron chi connectivity index (χ3n) is 3.56. The second-order valence-electron chi connectivity index (χ2n) is 4.84. The SMILES string of the molecule is CCN1CCCC(Nc2ccc(F)c(Cl)c2)CC1. The molecule has 1 atom stereocenters. The fraction of sp³-hybridized carbons (Fsp3) is 0.571. The number of hydrogen-bond donors (Lipinski definition) is 1. The first-order chi connectivity index (χ1) is 8.69. The van der Waals surface area contributed by atoms with E-state index >= 15 is 0 Å². The highest BCUT2D eigenvalue weighted by Gasteiger charge is 2.16. The molecule has 1 unspecified atom stereocenters. The standard InChI is InChI=1S/C14H20ClFN2/c1-2-18-8-3-4-11(7-9-18)17-12-5-6-14(16)13(15)10-12/h5-6,10-11,17H,2-4,7-9H2,1H3. The first-order valence-corrected chi connectivity index (χ1v) is 7.00. The molecule has 0 spiro atoms. The van der Waals surface area contributed by atoms with E-state index in [1.54, 1.807) is 12.1 Å². The Morgan fingerprint density at radius 1 is 1.39 bits per heavy atom. The molecule has 0 amide bonds. The molecule has 18 heavy (non-hydrogen) atoms. The molecule has 1 heterocycles. The Labute approximate surface area is 113 Å². The normalized spacial score (nSPS) is 21.6. The van der Waals surface area contributed by atoms with Crippen molar-refractivity contribution in [3.05, 3.63) is 29.0 Å². The lowest BCUT2D eigenvalue weighted by Gasteiger charge is -2.19. The summed E-state index contributed by atoms with van der Waals surface area (Å²) >= 11 is 5.79. The van der Waals surface area contributed by atoms with Crippen molar-refractivity contribution in [2.75, 3.05) is 25.0 Å². The van der Waals surface area contributed by atoms with E-state index in [1.165, 1.54) is 19.0 Å². The fourth-order valence-electron chi connectivity index (χ4n) is 2.44. The van der Waals surface area contributed by atoms with Crippen LogP contribution in [0.15, 0.2) is 18.2 Å². The third-order valence-corrected chi connectivity index (χ3v) is 3.85. The number of rotatable bonds is 3. The van der Waals surface area contributed by atoms with Crippen molar-refractivity contribution < 1.29 is 4.39 Å². The second kappa shape index (κ2) is 6.39. The number of likely N-dealkylation sites (tertiary alicyclic amines) is 1. The Balaban J connectivity index is 1.94. The maximum absolute atomic E-state index is 13.1. The highest BCUT2D eigenvalue weighted by atomic mass is 35.5. The van der Waals surface area contributed by atoms with Crippen LogP contribution in [0.3, 0.4) is 0 Å². The zero-order valence-electron chi connectivity index (χ0n) is 10.8. The summed E-state index contributed by atoms with van der Waals surface area (Å²) in [4.78, 5) is 2.47. The van der Waals surface area contributed by atoms with Gasteiger partial charge in [-0.25, -0.2) is 4.39 Å². The Bertz CT molecular complexity index is 397. The first-order valence-electron chi connectivity index (χ1n) is 6.63. The maximum Gasteiger partial charge on any atom is 0.141 e. The van der Waals surface area contributed by atoms with E-state index in [2.05, 4.69) is 17.1 Å². The molecule has 1 aliphatic rings. The Morgan fingerprint density at radius 2 is 2.22 bits per heavy atom. The molecule has 2 nitrogen and oxygen atoms in total. The summed E-state index contributed by atoms with van der Waals surface area (Å²) in [6.45, 7) is 5.63. The number of benzene rings is 1. The number of nitrogens with one attached hydrogen (secondary N) is 1. The van der Waals surface area contributed by atoms with E-state index in [9.17, 15) is 4.39 Å². The molecule has 1 fully saturated rings. The molecule has 0 bridgehead atoms. The lowest BCUT2D eigenvalue weighted by molar-refractivity contribution is 0.300. The highest BCUT2D eigenvalue weighted by molar-refractivity contribution is 6.31. The van der Waals surface area contributed by atoms with Gasteiger partial charge in [0.15, 0.2) is 0 Å². The van der Waals surface area contributed by atoms with Crippen LogP contribution in [0.1, 0.15) is 26.2 Å². The topological polar surface area (TPSA) is 15.3 Å². The third kappa shape index (κ3) is 3.59. The van der Waals surface area contributed by atoms with E-state index in [4.69, 9.17) is 11.6 Å². The summed E-state index contributed by atoms with van der Waals surface area (Å²) in [7, 11) is 0. The molecular formula is C14H20ClFN2. The van der Waals surface area contributed by atoms with Gasteiger partial charge < -0.3 is 10.2 Å². The minimum Gasteiger partial charge on any atom is -0.382 e. The van der Waals surface area contributed by atoms with Crippen molar-refractivity contribution in [3.8, 4) is 0 Å². The monoisotopic (exact) mass is 270 g/mol. The second-order valence-corrected chi connectivity index (χ2v) is 5.24. The van der Waals surface area contributed by atoms with Crippen molar-refractivity contribution in [3.63, 3.8) is 0 Å². The molecule has 4 heteroatoms. The average Bonchev–Trinajstić information content (AvgIpc) is 2.59. The summed E-state index contributed by atoms with van der Waals surface area (Å²) in [6.07, 6.45) is 3.49. The van der Waals surface area contributed by atoms with Crippen LogP contribution in [-0.4, -0.2) is 30.6 Å². The van der Waals surface area contributed by atoms with Crippen LogP contribution in [0.2, 0.25) is 5.02 Å². The predicted molar refractivity (Wildman–Crippen MR) is 74.8 cm³/mol. The largest absolute Gasteiger partial charge is 0.382 e. The van der Waals surface area contributed by atoms with Crippen LogP contribution >= 0.6 is 11.6 Å². The van der Waals surface area contributed by atoms with Gasteiger partial charge in [0.05, 0.1) is 5.02 Å². The van der Waals surface area contributed by atoms with Crippen molar-refractivity contribution in [1.82, 2.24) is 4.90 Å². The number of hydrogen-bond acceptors (Lipinski definition) is 2. The summed E-state index contributed by atoms with van der Waals surface area (Å²) in [5, 5.41) is 3.64. The molecule has 1 aromatic carbocycles. The number of nitrogens with zero attached hydrogens (tertiary/aromatic N) is 1. The summed E-state index contributed by atoms with van der Waals surface area (Å²) in [5.74, 6) is -0.361. The molecule has 0 saturated carbocycles. The molecule has 100 valence electrons. The van der Waals surface area contributed by atoms with Gasteiger partial charge in [-0.05, 0) is 50.6 Å². The molecular weight excluding hydrogens is 251 g/mol. The predicted octanol–water partition coefficient (Wildman–Crippen LogP) is 3.77. The Morgan fingerprint density at radius 3 is 2.94 bits per heavy atom. The molecule has 0 radical (unpaired) electrons. The van der Waals surface area contributed by atoms with Crippen LogP contribution < -0.4 is 5.32 Å². The van der Waals surface area contributed by atoms with Gasteiger partial charge in [-0.1, -0.05) is 18.5 Å². The van der Waals surface area contributed by atoms with Gasteiger partial charge in [0.1, 0.15) is 5.82 Å². The summed E-state index contributed by atoms with van der Waals surface area (Å²) in [6, 6.07) is 5.30. The minimum atomic E-state index is -0.361. The molecule has 0 aromatic heterocycles. The molecule has 0 aliphatic carbocycles. The first kappa shape index (κ1) is 13.6. The summed E-state index contributed by atoms with van der Waals surface area (Å²) in [5.41, 5.74) is 0.913. The van der Waals surface area contributed by atoms with E-state index in [0.29, 0.717) is 6.04 Å². The lowest BCUT2D eigenvalue weighted by atomic mass is 10.1. The summed E-state index contributed by atoms with van der Waals surface area (Å²) < 4.78 is 13.1. The van der Waals surface area contributed by atoms with E-state index in [0.717, 1.165) is 31.6 Å². The molecule has 1 aromatic rings. The van der Waals surface area contributed by atoms with E-state index in [1.807, 2.05) is 0 Å². The van der Waals surface area contributed by atoms with Crippen molar-refractivity contribution in [2.45, 2.75) is 32.2 Å². The van der Waals surface area contributed by atoms with Gasteiger partial charge in [0.25, 0.3) is 0 Å². The van der Waals surface area contributed by atoms with Gasteiger partial charge in [0, 0.05) is 18.3 Å². The van der Waals surface area contributed by atoms with E-state index in [-0.39, 0.29) is 10.8 Å². The van der Waals surface area contributed by atoms with Crippen LogP contribution in [0.25, 0.3) is 0 Å². The highest BCUT2D eigenvalue weighted by Crippen LogP contribution is 2.22. The Hall–Kier alpha value is -0.800. The minimum absolute atomic E-state index is 0.184. The van der Waals surface area contributed by atoms with Gasteiger partial charge in [0.2, 0.25) is 0 Å². The molecule has 1 N–H and O–H groups in total. The van der Waals surface area contributed by atoms with Crippen molar-refractivity contribution in [1.29, 1.82) is 0 Å². The maximum atomic E-state index is 13.1. The Kier molecular flexibility index (Phi) is 4.84. The van der Waals surface area contributed by atoms with Crippen molar-refractivity contribution >= 4 is 17.3 Å². The molecule has 2 rings (SSSR count). The lowest BCUT2D eigenvalue weighted by Crippen LogP contribution is -2.26. The molecule has 1 aliphatic heterocycles. The van der Waals surface area contributed by atoms with E-state index < -0.39 is 0 Å². The zero-order valence-corrected chi connectivity index (χ0v) is 11.5. The fourth-order valence-corrected chi connectivity index (χ4v) is 2.62. The zero-order chi connectivity index (χ0) is 13.0. The van der Waals surface area contributed by atoms with Crippen LogP contribution in [0, 0.1) is 5.82 Å². The van der Waals surface area contributed by atoms with Crippen molar-refractivity contribution in [2.24, 2.45) is 0 Å². The van der Waals surface area contributed by atoms with Crippen LogP contribution in [0.5, 0.6) is 0 Å². The number of halogens is 2.